The molecular formula is C26H25F4N3O. The lowest BCUT2D eigenvalue weighted by molar-refractivity contribution is -0.137. The van der Waals surface area contributed by atoms with Crippen LogP contribution in [-0.2, 0) is 11.0 Å². The molecule has 178 valence electrons. The second kappa shape index (κ2) is 8.64. The molecule has 4 nitrogen and oxygen atoms in total. The zero-order chi connectivity index (χ0) is 24.0. The number of nitrogens with zero attached hydrogens (tertiary/aromatic N) is 2. The van der Waals surface area contributed by atoms with Crippen LogP contribution in [0.1, 0.15) is 49.7 Å². The van der Waals surface area contributed by atoms with Crippen molar-refractivity contribution in [1.29, 1.82) is 0 Å². The predicted molar refractivity (Wildman–Crippen MR) is 120 cm³/mol. The van der Waals surface area contributed by atoms with Crippen molar-refractivity contribution in [2.24, 2.45) is 23.7 Å². The molecule has 2 aliphatic rings. The fourth-order valence-corrected chi connectivity index (χ4v) is 5.91. The van der Waals surface area contributed by atoms with Crippen LogP contribution in [0.25, 0.3) is 10.9 Å². The second-order valence-corrected chi connectivity index (χ2v) is 9.69. The van der Waals surface area contributed by atoms with E-state index in [-0.39, 0.29) is 29.4 Å². The summed E-state index contributed by atoms with van der Waals surface area (Å²) in [5, 5.41) is 3.54. The molecule has 4 unspecified atom stereocenters. The van der Waals surface area contributed by atoms with E-state index < -0.39 is 11.7 Å². The Hall–Kier alpha value is -3.03. The minimum absolute atomic E-state index is 0.125. The number of hydrogen-bond acceptors (Lipinski definition) is 3. The molecule has 0 radical (unpaired) electrons. The van der Waals surface area contributed by atoms with Gasteiger partial charge in [-0.25, -0.2) is 9.37 Å². The first-order valence-electron chi connectivity index (χ1n) is 11.6. The number of halogens is 4. The van der Waals surface area contributed by atoms with Crippen LogP contribution in [0.15, 0.2) is 48.8 Å². The number of fused-ring (bicyclic) bond motifs is 2. The highest BCUT2D eigenvalue weighted by atomic mass is 19.4. The van der Waals surface area contributed by atoms with Gasteiger partial charge in [0.1, 0.15) is 11.6 Å². The van der Waals surface area contributed by atoms with Crippen LogP contribution in [0.2, 0.25) is 0 Å². The highest BCUT2D eigenvalue weighted by Gasteiger charge is 2.44. The number of carbonyl (C=O) groups is 1. The molecule has 2 fully saturated rings. The average Bonchev–Trinajstić information content (AvgIpc) is 3.37. The van der Waals surface area contributed by atoms with Crippen molar-refractivity contribution in [2.45, 2.75) is 44.7 Å². The van der Waals surface area contributed by atoms with Crippen LogP contribution < -0.4 is 5.32 Å². The number of carbonyl (C=O) groups excluding carboxylic acids is 1. The molecule has 8 heteroatoms. The molecule has 34 heavy (non-hydrogen) atoms. The number of pyridine rings is 2. The third kappa shape index (κ3) is 4.38. The molecule has 5 rings (SSSR count). The van der Waals surface area contributed by atoms with Crippen molar-refractivity contribution in [3.05, 3.63) is 65.7 Å². The fourth-order valence-electron chi connectivity index (χ4n) is 5.91. The van der Waals surface area contributed by atoms with Gasteiger partial charge in [-0.1, -0.05) is 6.92 Å². The number of alkyl halides is 3. The highest BCUT2D eigenvalue weighted by molar-refractivity contribution is 5.91. The van der Waals surface area contributed by atoms with Gasteiger partial charge < -0.3 is 5.32 Å². The molecule has 2 aromatic heterocycles. The molecule has 0 aliphatic heterocycles. The number of benzene rings is 1. The summed E-state index contributed by atoms with van der Waals surface area (Å²) < 4.78 is 52.0. The van der Waals surface area contributed by atoms with Gasteiger partial charge in [-0.2, -0.15) is 13.2 Å². The van der Waals surface area contributed by atoms with Crippen molar-refractivity contribution >= 4 is 22.6 Å². The molecular weight excluding hydrogens is 446 g/mol. The van der Waals surface area contributed by atoms with Gasteiger partial charge in [0.2, 0.25) is 5.91 Å². The van der Waals surface area contributed by atoms with Crippen LogP contribution in [0.4, 0.5) is 23.4 Å². The topological polar surface area (TPSA) is 54.9 Å². The van der Waals surface area contributed by atoms with E-state index in [9.17, 15) is 22.4 Å². The number of nitrogens with one attached hydrogen (secondary N) is 1. The van der Waals surface area contributed by atoms with E-state index in [2.05, 4.69) is 15.3 Å². The maximum Gasteiger partial charge on any atom is 0.417 e. The van der Waals surface area contributed by atoms with Gasteiger partial charge >= 0.3 is 6.18 Å². The molecule has 0 bridgehead atoms. The zero-order valence-corrected chi connectivity index (χ0v) is 18.6. The first kappa shape index (κ1) is 22.7. The predicted octanol–water partition coefficient (Wildman–Crippen LogP) is 6.58. The average molecular weight is 471 g/mol. The van der Waals surface area contributed by atoms with Crippen molar-refractivity contribution in [2.75, 3.05) is 5.32 Å². The quantitative estimate of drug-likeness (QED) is 0.437. The fraction of sp³-hybridized carbons (Fsp3) is 0.423. The SMILES string of the molecule is CC(C(=O)Nc1ccc(C(F)(F)F)cn1)C1CC2CC(c3ccnc4ccc(F)cc34)C[C@@H]2C1. The molecule has 0 saturated heterocycles. The molecule has 2 aliphatic carbocycles. The van der Waals surface area contributed by atoms with Crippen molar-refractivity contribution < 1.29 is 22.4 Å². The van der Waals surface area contributed by atoms with E-state index in [0.29, 0.717) is 17.8 Å². The summed E-state index contributed by atoms with van der Waals surface area (Å²) in [6.07, 6.45) is 1.95. The van der Waals surface area contributed by atoms with Crippen LogP contribution in [0.3, 0.4) is 0 Å². The van der Waals surface area contributed by atoms with Crippen LogP contribution in [-0.4, -0.2) is 15.9 Å². The number of aromatic nitrogens is 2. The second-order valence-electron chi connectivity index (χ2n) is 9.69. The lowest BCUT2D eigenvalue weighted by Crippen LogP contribution is -2.26. The summed E-state index contributed by atoms with van der Waals surface area (Å²) in [4.78, 5) is 20.9. The minimum Gasteiger partial charge on any atom is -0.310 e. The van der Waals surface area contributed by atoms with E-state index >= 15 is 0 Å². The van der Waals surface area contributed by atoms with E-state index in [4.69, 9.17) is 0 Å². The third-order valence-corrected chi connectivity index (χ3v) is 7.69. The summed E-state index contributed by atoms with van der Waals surface area (Å²) in [5.41, 5.74) is 1.10. The van der Waals surface area contributed by atoms with Gasteiger partial charge in [0.15, 0.2) is 0 Å². The monoisotopic (exact) mass is 471 g/mol. The number of anilines is 1. The molecule has 1 aromatic carbocycles. The highest BCUT2D eigenvalue weighted by Crippen LogP contribution is 2.54. The molecule has 1 amide bonds. The Morgan fingerprint density at radius 2 is 1.76 bits per heavy atom. The molecule has 3 aromatic rings. The van der Waals surface area contributed by atoms with Gasteiger partial charge in [0.25, 0.3) is 0 Å². The van der Waals surface area contributed by atoms with E-state index in [1.54, 1.807) is 18.3 Å². The molecule has 2 heterocycles. The van der Waals surface area contributed by atoms with Gasteiger partial charge in [-0.05, 0) is 91.3 Å². The Labute approximate surface area is 194 Å². The lowest BCUT2D eigenvalue weighted by atomic mass is 9.86. The molecule has 2 saturated carbocycles. The smallest absolute Gasteiger partial charge is 0.310 e. The van der Waals surface area contributed by atoms with Crippen molar-refractivity contribution in [3.8, 4) is 0 Å². The number of rotatable bonds is 4. The largest absolute Gasteiger partial charge is 0.417 e. The lowest BCUT2D eigenvalue weighted by Gasteiger charge is -2.21. The Morgan fingerprint density at radius 1 is 1.03 bits per heavy atom. The van der Waals surface area contributed by atoms with Crippen LogP contribution >= 0.6 is 0 Å². The van der Waals surface area contributed by atoms with Gasteiger partial charge in [-0.15, -0.1) is 0 Å². The van der Waals surface area contributed by atoms with Crippen molar-refractivity contribution in [3.63, 3.8) is 0 Å². The van der Waals surface area contributed by atoms with Crippen LogP contribution in [0, 0.1) is 29.5 Å². The summed E-state index contributed by atoms with van der Waals surface area (Å²) in [7, 11) is 0. The van der Waals surface area contributed by atoms with Crippen LogP contribution in [0.5, 0.6) is 0 Å². The summed E-state index contributed by atoms with van der Waals surface area (Å²) >= 11 is 0. The molecule has 5 atom stereocenters. The maximum atomic E-state index is 13.9. The minimum atomic E-state index is -4.46. The Kier molecular flexibility index (Phi) is 5.78. The zero-order valence-electron chi connectivity index (χ0n) is 18.6. The third-order valence-electron chi connectivity index (χ3n) is 7.69. The first-order chi connectivity index (χ1) is 16.2. The van der Waals surface area contributed by atoms with Gasteiger partial charge in [0, 0.05) is 23.7 Å². The number of amides is 1. The Morgan fingerprint density at radius 3 is 2.41 bits per heavy atom. The van der Waals surface area contributed by atoms with E-state index in [0.717, 1.165) is 54.4 Å². The first-order valence-corrected chi connectivity index (χ1v) is 11.6. The van der Waals surface area contributed by atoms with E-state index in [1.807, 2.05) is 13.0 Å². The summed E-state index contributed by atoms with van der Waals surface area (Å²) in [5.74, 6) is 0.967. The van der Waals surface area contributed by atoms with Gasteiger partial charge in [-0.3, -0.25) is 9.78 Å². The maximum absolute atomic E-state index is 13.9. The molecule has 0 spiro atoms. The molecule has 1 N–H and O–H groups in total. The Balaban J connectivity index is 1.21. The Bertz CT molecular complexity index is 1200. The summed E-state index contributed by atoms with van der Waals surface area (Å²) in [6.45, 7) is 1.88. The summed E-state index contributed by atoms with van der Waals surface area (Å²) in [6, 6.07) is 8.81. The normalized spacial score (nSPS) is 25.3. The number of hydrogen-bond donors (Lipinski definition) is 1. The van der Waals surface area contributed by atoms with Gasteiger partial charge in [0.05, 0.1) is 11.1 Å². The van der Waals surface area contributed by atoms with Crippen molar-refractivity contribution in [1.82, 2.24) is 9.97 Å². The van der Waals surface area contributed by atoms with E-state index in [1.165, 1.54) is 12.1 Å². The standard InChI is InChI=1S/C26H25F4N3O/c1-14(25(34)33-24-5-2-19(13-32-24)26(28,29)30)15-8-16-10-18(11-17(16)9-15)21-6-7-31-23-4-3-20(27)12-22(21)23/h2-7,12-18H,8-11H2,1H3,(H,32,33,34)/t14?,15?,16-,17?,18?/m0/s1.